The third-order valence-electron chi connectivity index (χ3n) is 4.15. The van der Waals surface area contributed by atoms with Crippen LogP contribution in [0.4, 0.5) is 11.5 Å². The minimum absolute atomic E-state index is 0.565. The maximum atomic E-state index is 5.68. The number of ether oxygens (including phenoxy) is 2. The molecule has 26 heavy (non-hydrogen) atoms. The maximum absolute atomic E-state index is 5.68. The van der Waals surface area contributed by atoms with Crippen molar-refractivity contribution in [3.8, 4) is 22.2 Å². The van der Waals surface area contributed by atoms with Crippen LogP contribution in [0.15, 0.2) is 60.0 Å². The Morgan fingerprint density at radius 1 is 0.885 bits per heavy atom. The molecule has 5 nitrogen and oxygen atoms in total. The predicted octanol–water partition coefficient (Wildman–Crippen LogP) is 4.87. The minimum atomic E-state index is 0.565. The number of para-hydroxylation sites is 1. The largest absolute Gasteiger partial charge is 0.486 e. The van der Waals surface area contributed by atoms with E-state index in [0.29, 0.717) is 13.2 Å². The van der Waals surface area contributed by atoms with E-state index in [1.807, 2.05) is 60.0 Å². The van der Waals surface area contributed by atoms with Gasteiger partial charge in [-0.1, -0.05) is 18.2 Å². The first-order valence-corrected chi connectivity index (χ1v) is 9.22. The van der Waals surface area contributed by atoms with Crippen LogP contribution in [0.2, 0.25) is 0 Å². The number of anilines is 2. The summed E-state index contributed by atoms with van der Waals surface area (Å²) in [5.41, 5.74) is 1.81. The van der Waals surface area contributed by atoms with Crippen LogP contribution in [0.1, 0.15) is 0 Å². The molecule has 2 aromatic heterocycles. The maximum Gasteiger partial charge on any atom is 0.172 e. The fourth-order valence-corrected chi connectivity index (χ4v) is 3.60. The molecule has 0 atom stereocenters. The molecule has 5 rings (SSSR count). The van der Waals surface area contributed by atoms with Gasteiger partial charge >= 0.3 is 0 Å². The number of thiophene rings is 1. The van der Waals surface area contributed by atoms with Gasteiger partial charge in [-0.2, -0.15) is 0 Å². The van der Waals surface area contributed by atoms with Crippen molar-refractivity contribution in [1.82, 2.24) is 9.97 Å². The molecule has 1 aliphatic rings. The normalized spacial score (nSPS) is 12.9. The molecule has 1 N–H and O–H groups in total. The van der Waals surface area contributed by atoms with Crippen molar-refractivity contribution in [1.29, 1.82) is 0 Å². The fraction of sp³-hybridized carbons (Fsp3) is 0.100. The highest BCUT2D eigenvalue weighted by Gasteiger charge is 2.14. The molecule has 3 heterocycles. The van der Waals surface area contributed by atoms with Crippen LogP contribution in [-0.2, 0) is 0 Å². The molecule has 128 valence electrons. The van der Waals surface area contributed by atoms with Crippen LogP contribution in [0.25, 0.3) is 21.6 Å². The highest BCUT2D eigenvalue weighted by atomic mass is 32.1. The molecule has 0 aliphatic carbocycles. The monoisotopic (exact) mass is 361 g/mol. The van der Waals surface area contributed by atoms with Gasteiger partial charge in [0.1, 0.15) is 19.0 Å². The highest BCUT2D eigenvalue weighted by Crippen LogP contribution is 2.35. The van der Waals surface area contributed by atoms with Crippen molar-refractivity contribution in [2.75, 3.05) is 18.5 Å². The van der Waals surface area contributed by atoms with Crippen LogP contribution in [0.5, 0.6) is 11.5 Å². The second kappa shape index (κ2) is 6.31. The van der Waals surface area contributed by atoms with Gasteiger partial charge in [-0.3, -0.25) is 0 Å². The van der Waals surface area contributed by atoms with Gasteiger partial charge in [0.05, 0.1) is 10.4 Å². The standard InChI is InChI=1S/C20H15N3O2S/c1-2-5-15-14(4-1)19(23-20(22-15)18-6-3-11-26-18)21-13-7-8-16-17(12-13)25-10-9-24-16/h1-8,11-12H,9-10H2,(H,21,22,23). The SMILES string of the molecule is c1csc(-c2nc(Nc3ccc4c(c3)OCCO4)c3ccccc3n2)c1. The number of hydrogen-bond acceptors (Lipinski definition) is 6. The van der Waals surface area contributed by atoms with E-state index in [1.54, 1.807) is 11.3 Å². The lowest BCUT2D eigenvalue weighted by atomic mass is 10.2. The number of nitrogens with zero attached hydrogens (tertiary/aromatic N) is 2. The molecule has 0 radical (unpaired) electrons. The Bertz CT molecular complexity index is 1080. The molecule has 2 aromatic carbocycles. The molecule has 1 aliphatic heterocycles. The molecule has 0 amide bonds. The number of benzene rings is 2. The van der Waals surface area contributed by atoms with E-state index in [0.717, 1.165) is 44.6 Å². The van der Waals surface area contributed by atoms with Crippen LogP contribution in [0.3, 0.4) is 0 Å². The zero-order valence-corrected chi connectivity index (χ0v) is 14.6. The third kappa shape index (κ3) is 2.74. The molecule has 4 aromatic rings. The van der Waals surface area contributed by atoms with Gasteiger partial charge in [0.15, 0.2) is 17.3 Å². The second-order valence-electron chi connectivity index (χ2n) is 5.87. The van der Waals surface area contributed by atoms with Gasteiger partial charge in [0.25, 0.3) is 0 Å². The van der Waals surface area contributed by atoms with Crippen LogP contribution < -0.4 is 14.8 Å². The summed E-state index contributed by atoms with van der Waals surface area (Å²) in [5.74, 6) is 3.01. The molecule has 0 bridgehead atoms. The minimum Gasteiger partial charge on any atom is -0.486 e. The van der Waals surface area contributed by atoms with Crippen molar-refractivity contribution in [3.63, 3.8) is 0 Å². The van der Waals surface area contributed by atoms with Gasteiger partial charge in [-0.05, 0) is 35.7 Å². The lowest BCUT2D eigenvalue weighted by molar-refractivity contribution is 0.171. The molecule has 0 unspecified atom stereocenters. The van der Waals surface area contributed by atoms with Crippen molar-refractivity contribution in [2.45, 2.75) is 0 Å². The first-order chi connectivity index (χ1) is 12.9. The first-order valence-electron chi connectivity index (χ1n) is 8.34. The van der Waals surface area contributed by atoms with E-state index in [4.69, 9.17) is 19.4 Å². The zero-order chi connectivity index (χ0) is 17.3. The summed E-state index contributed by atoms with van der Waals surface area (Å²) in [6.07, 6.45) is 0. The summed E-state index contributed by atoms with van der Waals surface area (Å²) in [6.45, 7) is 1.15. The smallest absolute Gasteiger partial charge is 0.172 e. The average molecular weight is 361 g/mol. The van der Waals surface area contributed by atoms with E-state index in [1.165, 1.54) is 0 Å². The van der Waals surface area contributed by atoms with Gasteiger partial charge in [-0.15, -0.1) is 11.3 Å². The lowest BCUT2D eigenvalue weighted by Gasteiger charge is -2.19. The summed E-state index contributed by atoms with van der Waals surface area (Å²) in [6, 6.07) is 17.9. The lowest BCUT2D eigenvalue weighted by Crippen LogP contribution is -2.15. The summed E-state index contributed by atoms with van der Waals surface area (Å²) >= 11 is 1.63. The molecule has 0 saturated heterocycles. The van der Waals surface area contributed by atoms with Gasteiger partial charge in [0, 0.05) is 17.1 Å². The van der Waals surface area contributed by atoms with Crippen molar-refractivity contribution in [3.05, 3.63) is 60.0 Å². The molecular weight excluding hydrogens is 346 g/mol. The summed E-state index contributed by atoms with van der Waals surface area (Å²) in [4.78, 5) is 10.5. The number of nitrogens with one attached hydrogen (secondary N) is 1. The molecule has 0 saturated carbocycles. The van der Waals surface area contributed by atoms with Crippen LogP contribution >= 0.6 is 11.3 Å². The predicted molar refractivity (Wildman–Crippen MR) is 104 cm³/mol. The Labute approximate surface area is 154 Å². The number of rotatable bonds is 3. The van der Waals surface area contributed by atoms with Gasteiger partial charge in [-0.25, -0.2) is 9.97 Å². The first kappa shape index (κ1) is 15.2. The fourth-order valence-electron chi connectivity index (χ4n) is 2.95. The van der Waals surface area contributed by atoms with Crippen molar-refractivity contribution < 1.29 is 9.47 Å². The summed E-state index contributed by atoms with van der Waals surface area (Å²) in [5, 5.41) is 6.42. The van der Waals surface area contributed by atoms with E-state index >= 15 is 0 Å². The van der Waals surface area contributed by atoms with E-state index in [9.17, 15) is 0 Å². The van der Waals surface area contributed by atoms with Crippen molar-refractivity contribution in [2.24, 2.45) is 0 Å². The second-order valence-corrected chi connectivity index (χ2v) is 6.82. The Morgan fingerprint density at radius 2 is 1.77 bits per heavy atom. The summed E-state index contributed by atoms with van der Waals surface area (Å²) < 4.78 is 11.3. The Balaban J connectivity index is 1.59. The van der Waals surface area contributed by atoms with E-state index in [2.05, 4.69) is 5.32 Å². The third-order valence-corrected chi connectivity index (χ3v) is 5.02. The molecule has 6 heteroatoms. The number of aromatic nitrogens is 2. The Morgan fingerprint density at radius 3 is 2.65 bits per heavy atom. The molecule has 0 spiro atoms. The highest BCUT2D eigenvalue weighted by molar-refractivity contribution is 7.13. The number of fused-ring (bicyclic) bond motifs is 2. The van der Waals surface area contributed by atoms with E-state index < -0.39 is 0 Å². The Kier molecular flexibility index (Phi) is 3.68. The zero-order valence-electron chi connectivity index (χ0n) is 13.8. The molecular formula is C20H15N3O2S. The van der Waals surface area contributed by atoms with Gasteiger partial charge in [0.2, 0.25) is 0 Å². The average Bonchev–Trinajstić information content (AvgIpc) is 3.23. The van der Waals surface area contributed by atoms with E-state index in [-0.39, 0.29) is 0 Å². The molecule has 0 fully saturated rings. The van der Waals surface area contributed by atoms with Crippen LogP contribution in [0, 0.1) is 0 Å². The number of hydrogen-bond donors (Lipinski definition) is 1. The van der Waals surface area contributed by atoms with Crippen LogP contribution in [-0.4, -0.2) is 23.2 Å². The van der Waals surface area contributed by atoms with Gasteiger partial charge < -0.3 is 14.8 Å². The topological polar surface area (TPSA) is 56.3 Å². The summed E-state index contributed by atoms with van der Waals surface area (Å²) in [7, 11) is 0. The Hall–Kier alpha value is -3.12. The van der Waals surface area contributed by atoms with Crippen molar-refractivity contribution >= 4 is 33.7 Å². The quantitative estimate of drug-likeness (QED) is 0.564.